The van der Waals surface area contributed by atoms with Crippen molar-refractivity contribution in [3.05, 3.63) is 0 Å². The Hall–Kier alpha value is -0.120. The molecule has 0 spiro atoms. The van der Waals surface area contributed by atoms with E-state index in [2.05, 4.69) is 33.0 Å². The zero-order valence-corrected chi connectivity index (χ0v) is 13.2. The summed E-state index contributed by atoms with van der Waals surface area (Å²) in [5.74, 6) is 0.957. The van der Waals surface area contributed by atoms with Crippen LogP contribution in [0.3, 0.4) is 0 Å². The third kappa shape index (κ3) is 2.70. The van der Waals surface area contributed by atoms with Crippen LogP contribution in [0.15, 0.2) is 0 Å². The molecule has 112 valence electrons. The minimum atomic E-state index is -0.620. The van der Waals surface area contributed by atoms with Crippen LogP contribution in [-0.4, -0.2) is 36.0 Å². The van der Waals surface area contributed by atoms with Crippen LogP contribution in [0.25, 0.3) is 0 Å². The van der Waals surface area contributed by atoms with Gasteiger partial charge in [-0.3, -0.25) is 0 Å². The summed E-state index contributed by atoms with van der Waals surface area (Å²) >= 11 is 0. The molecule has 0 amide bonds. The van der Waals surface area contributed by atoms with E-state index in [0.29, 0.717) is 30.5 Å². The van der Waals surface area contributed by atoms with Crippen LogP contribution in [0, 0.1) is 17.3 Å². The maximum Gasteiger partial charge on any atom is 0.0768 e. The van der Waals surface area contributed by atoms with Crippen molar-refractivity contribution >= 4 is 0 Å². The lowest BCUT2D eigenvalue weighted by molar-refractivity contribution is -0.195. The zero-order chi connectivity index (χ0) is 14.3. The second-order valence-corrected chi connectivity index (χ2v) is 7.44. The summed E-state index contributed by atoms with van der Waals surface area (Å²) in [6.45, 7) is 12.4. The quantitative estimate of drug-likeness (QED) is 0.806. The number of ether oxygens (including phenoxy) is 1. The minimum absolute atomic E-state index is 0.191. The molecule has 0 bridgehead atoms. The van der Waals surface area contributed by atoms with Crippen LogP contribution < -0.4 is 5.32 Å². The molecule has 1 saturated carbocycles. The van der Waals surface area contributed by atoms with E-state index in [9.17, 15) is 5.11 Å². The van der Waals surface area contributed by atoms with Crippen LogP contribution in [0.1, 0.15) is 53.9 Å². The Bertz CT molecular complexity index is 314. The van der Waals surface area contributed by atoms with Crippen molar-refractivity contribution < 1.29 is 9.84 Å². The number of hydrogen-bond acceptors (Lipinski definition) is 3. The molecule has 1 aliphatic carbocycles. The predicted molar refractivity (Wildman–Crippen MR) is 78.1 cm³/mol. The topological polar surface area (TPSA) is 41.5 Å². The molecular formula is C16H31NO2. The summed E-state index contributed by atoms with van der Waals surface area (Å²) in [5, 5.41) is 14.2. The molecule has 0 aromatic carbocycles. The van der Waals surface area contributed by atoms with Crippen molar-refractivity contribution in [3.8, 4) is 0 Å². The van der Waals surface area contributed by atoms with E-state index < -0.39 is 5.60 Å². The largest absolute Gasteiger partial charge is 0.389 e. The normalized spacial score (nSPS) is 37.9. The Kier molecular flexibility index (Phi) is 4.29. The lowest BCUT2D eigenvalue weighted by Gasteiger charge is -2.60. The highest BCUT2D eigenvalue weighted by atomic mass is 16.5. The summed E-state index contributed by atoms with van der Waals surface area (Å²) in [7, 11) is 0. The van der Waals surface area contributed by atoms with Gasteiger partial charge in [0.15, 0.2) is 0 Å². The van der Waals surface area contributed by atoms with Gasteiger partial charge in [0.05, 0.1) is 11.7 Å². The van der Waals surface area contributed by atoms with Gasteiger partial charge in [-0.2, -0.15) is 0 Å². The number of hydrogen-bond donors (Lipinski definition) is 2. The molecule has 0 aromatic heterocycles. The molecule has 0 aromatic rings. The Balaban J connectivity index is 1.92. The first-order valence-electron chi connectivity index (χ1n) is 7.88. The van der Waals surface area contributed by atoms with Crippen LogP contribution in [0.5, 0.6) is 0 Å². The van der Waals surface area contributed by atoms with Gasteiger partial charge in [-0.15, -0.1) is 0 Å². The first-order chi connectivity index (χ1) is 8.80. The second-order valence-electron chi connectivity index (χ2n) is 7.44. The van der Waals surface area contributed by atoms with Crippen molar-refractivity contribution in [2.75, 3.05) is 13.2 Å². The van der Waals surface area contributed by atoms with Crippen LogP contribution in [0.4, 0.5) is 0 Å². The first-order valence-corrected chi connectivity index (χ1v) is 7.88. The van der Waals surface area contributed by atoms with Crippen LogP contribution in [-0.2, 0) is 4.74 Å². The van der Waals surface area contributed by atoms with Gasteiger partial charge < -0.3 is 15.2 Å². The van der Waals surface area contributed by atoms with Crippen molar-refractivity contribution in [2.45, 2.75) is 71.6 Å². The van der Waals surface area contributed by atoms with Crippen molar-refractivity contribution in [3.63, 3.8) is 0 Å². The SMILES string of the molecule is CCC(C)C(C)(O)CNC1C2CCCOC2C1(C)C. The second kappa shape index (κ2) is 5.34. The Morgan fingerprint density at radius 3 is 2.79 bits per heavy atom. The van der Waals surface area contributed by atoms with Crippen molar-refractivity contribution in [1.29, 1.82) is 0 Å². The molecule has 1 heterocycles. The Morgan fingerprint density at radius 1 is 1.47 bits per heavy atom. The fraction of sp³-hybridized carbons (Fsp3) is 1.00. The third-order valence-corrected chi connectivity index (χ3v) is 5.68. The van der Waals surface area contributed by atoms with Gasteiger partial charge in [0, 0.05) is 30.5 Å². The maximum absolute atomic E-state index is 10.5. The summed E-state index contributed by atoms with van der Waals surface area (Å²) in [4.78, 5) is 0. The van der Waals surface area contributed by atoms with Gasteiger partial charge in [-0.05, 0) is 25.7 Å². The highest BCUT2D eigenvalue weighted by molar-refractivity contribution is 5.10. The molecule has 2 N–H and O–H groups in total. The average molecular weight is 269 g/mol. The molecule has 5 atom stereocenters. The van der Waals surface area contributed by atoms with E-state index in [1.54, 1.807) is 0 Å². The molecule has 1 saturated heterocycles. The molecule has 2 fully saturated rings. The molecule has 3 heteroatoms. The van der Waals surface area contributed by atoms with E-state index in [-0.39, 0.29) is 5.41 Å². The van der Waals surface area contributed by atoms with E-state index in [0.717, 1.165) is 13.0 Å². The summed E-state index contributed by atoms with van der Waals surface area (Å²) in [6, 6.07) is 0.480. The predicted octanol–water partition coefficient (Wildman–Crippen LogP) is 2.58. The van der Waals surface area contributed by atoms with Gasteiger partial charge >= 0.3 is 0 Å². The lowest BCUT2D eigenvalue weighted by Crippen LogP contribution is -2.70. The summed E-state index contributed by atoms with van der Waals surface area (Å²) in [6.07, 6.45) is 3.86. The summed E-state index contributed by atoms with van der Waals surface area (Å²) in [5.41, 5.74) is -0.429. The van der Waals surface area contributed by atoms with Crippen LogP contribution >= 0.6 is 0 Å². The molecule has 5 unspecified atom stereocenters. The monoisotopic (exact) mass is 269 g/mol. The smallest absolute Gasteiger partial charge is 0.0768 e. The molecular weight excluding hydrogens is 238 g/mol. The zero-order valence-electron chi connectivity index (χ0n) is 13.2. The fourth-order valence-electron chi connectivity index (χ4n) is 3.87. The number of aliphatic hydroxyl groups is 1. The van der Waals surface area contributed by atoms with E-state index in [4.69, 9.17) is 4.74 Å². The highest BCUT2D eigenvalue weighted by Gasteiger charge is 2.57. The fourth-order valence-corrected chi connectivity index (χ4v) is 3.87. The molecule has 19 heavy (non-hydrogen) atoms. The van der Waals surface area contributed by atoms with E-state index in [1.165, 1.54) is 12.8 Å². The highest BCUT2D eigenvalue weighted by Crippen LogP contribution is 2.51. The number of rotatable bonds is 5. The Labute approximate surface area is 118 Å². The van der Waals surface area contributed by atoms with Gasteiger partial charge in [0.1, 0.15) is 0 Å². The van der Waals surface area contributed by atoms with Crippen LogP contribution in [0.2, 0.25) is 0 Å². The molecule has 1 aliphatic heterocycles. The molecule has 2 rings (SSSR count). The van der Waals surface area contributed by atoms with Crippen molar-refractivity contribution in [2.24, 2.45) is 17.3 Å². The van der Waals surface area contributed by atoms with E-state index in [1.807, 2.05) is 6.92 Å². The van der Waals surface area contributed by atoms with Gasteiger partial charge in [0.2, 0.25) is 0 Å². The third-order valence-electron chi connectivity index (χ3n) is 5.68. The molecule has 0 radical (unpaired) electrons. The average Bonchev–Trinajstić information content (AvgIpc) is 2.37. The van der Waals surface area contributed by atoms with Gasteiger partial charge in [0.25, 0.3) is 0 Å². The minimum Gasteiger partial charge on any atom is -0.389 e. The number of nitrogens with one attached hydrogen (secondary N) is 1. The first kappa shape index (κ1) is 15.3. The number of fused-ring (bicyclic) bond motifs is 1. The van der Waals surface area contributed by atoms with E-state index >= 15 is 0 Å². The van der Waals surface area contributed by atoms with Gasteiger partial charge in [-0.25, -0.2) is 0 Å². The van der Waals surface area contributed by atoms with Crippen molar-refractivity contribution in [1.82, 2.24) is 5.32 Å². The standard InChI is InChI=1S/C16H31NO2/c1-6-11(2)16(5,18)10-17-13-12-8-7-9-19-14(12)15(13,3)4/h11-14,17-18H,6-10H2,1-5H3. The maximum atomic E-state index is 10.5. The summed E-state index contributed by atoms with van der Waals surface area (Å²) < 4.78 is 5.92. The molecule has 3 nitrogen and oxygen atoms in total. The van der Waals surface area contributed by atoms with Gasteiger partial charge in [-0.1, -0.05) is 34.1 Å². The molecule has 2 aliphatic rings. The Morgan fingerprint density at radius 2 is 2.16 bits per heavy atom. The lowest BCUT2D eigenvalue weighted by atomic mass is 9.55.